The first-order valence-corrected chi connectivity index (χ1v) is 6.20. The SMILES string of the molecule is O=C(Nc1ccccc1C(F)(F)F)N1CCCCC1. The predicted molar refractivity (Wildman–Crippen MR) is 65.9 cm³/mol. The van der Waals surface area contributed by atoms with E-state index in [0.29, 0.717) is 13.1 Å². The van der Waals surface area contributed by atoms with E-state index in [0.717, 1.165) is 25.3 Å². The zero-order valence-corrected chi connectivity index (χ0v) is 10.3. The van der Waals surface area contributed by atoms with Gasteiger partial charge in [-0.05, 0) is 31.4 Å². The number of carbonyl (C=O) groups excluding carboxylic acids is 1. The Morgan fingerprint density at radius 3 is 2.37 bits per heavy atom. The number of carbonyl (C=O) groups is 1. The molecule has 0 saturated carbocycles. The minimum absolute atomic E-state index is 0.189. The number of amides is 2. The van der Waals surface area contributed by atoms with Gasteiger partial charge in [0.1, 0.15) is 0 Å². The molecule has 1 aliphatic heterocycles. The van der Waals surface area contributed by atoms with Gasteiger partial charge in [-0.1, -0.05) is 12.1 Å². The van der Waals surface area contributed by atoms with E-state index in [1.54, 1.807) is 4.90 Å². The predicted octanol–water partition coefficient (Wildman–Crippen LogP) is 3.72. The maximum Gasteiger partial charge on any atom is 0.418 e. The van der Waals surface area contributed by atoms with Gasteiger partial charge < -0.3 is 10.2 Å². The molecule has 1 heterocycles. The van der Waals surface area contributed by atoms with Gasteiger partial charge in [0.2, 0.25) is 0 Å². The average molecular weight is 272 g/mol. The van der Waals surface area contributed by atoms with E-state index >= 15 is 0 Å². The third-order valence-corrected chi connectivity index (χ3v) is 3.12. The highest BCUT2D eigenvalue weighted by Crippen LogP contribution is 2.34. The third kappa shape index (κ3) is 3.39. The Morgan fingerprint density at radius 1 is 1.11 bits per heavy atom. The Kier molecular flexibility index (Phi) is 3.97. The standard InChI is InChI=1S/C13H15F3N2O/c14-13(15,16)10-6-2-3-7-11(10)17-12(19)18-8-4-1-5-9-18/h2-3,6-7H,1,4-5,8-9H2,(H,17,19). The van der Waals surface area contributed by atoms with E-state index < -0.39 is 17.8 Å². The largest absolute Gasteiger partial charge is 0.418 e. The molecule has 2 rings (SSSR count). The maximum absolute atomic E-state index is 12.8. The molecule has 0 atom stereocenters. The Balaban J connectivity index is 2.12. The molecule has 3 nitrogen and oxygen atoms in total. The van der Waals surface area contributed by atoms with Gasteiger partial charge in [0.25, 0.3) is 0 Å². The lowest BCUT2D eigenvalue weighted by atomic mass is 10.1. The number of nitrogens with zero attached hydrogens (tertiary/aromatic N) is 1. The summed E-state index contributed by atoms with van der Waals surface area (Å²) in [6, 6.07) is 4.55. The summed E-state index contributed by atoms with van der Waals surface area (Å²) in [4.78, 5) is 13.4. The number of piperidine rings is 1. The number of halogens is 3. The van der Waals surface area contributed by atoms with E-state index in [-0.39, 0.29) is 5.69 Å². The van der Waals surface area contributed by atoms with Crippen LogP contribution >= 0.6 is 0 Å². The van der Waals surface area contributed by atoms with Crippen LogP contribution in [0.5, 0.6) is 0 Å². The van der Waals surface area contributed by atoms with E-state index in [4.69, 9.17) is 0 Å². The van der Waals surface area contributed by atoms with Crippen LogP contribution in [0.25, 0.3) is 0 Å². The molecule has 0 aliphatic carbocycles. The molecule has 1 N–H and O–H groups in total. The smallest absolute Gasteiger partial charge is 0.325 e. The molecular weight excluding hydrogens is 257 g/mol. The van der Waals surface area contributed by atoms with Crippen molar-refractivity contribution < 1.29 is 18.0 Å². The van der Waals surface area contributed by atoms with Crippen LogP contribution in [0.3, 0.4) is 0 Å². The fraction of sp³-hybridized carbons (Fsp3) is 0.462. The van der Waals surface area contributed by atoms with E-state index in [2.05, 4.69) is 5.32 Å². The van der Waals surface area contributed by atoms with Crippen LogP contribution in [0.15, 0.2) is 24.3 Å². The van der Waals surface area contributed by atoms with Gasteiger partial charge in [0.05, 0.1) is 11.3 Å². The number of nitrogens with one attached hydrogen (secondary N) is 1. The van der Waals surface area contributed by atoms with Gasteiger partial charge in [-0.25, -0.2) is 4.79 Å². The fourth-order valence-electron chi connectivity index (χ4n) is 2.13. The number of rotatable bonds is 1. The molecular formula is C13H15F3N2O. The Hall–Kier alpha value is -1.72. The van der Waals surface area contributed by atoms with Crippen LogP contribution < -0.4 is 5.32 Å². The fourth-order valence-corrected chi connectivity index (χ4v) is 2.13. The number of hydrogen-bond donors (Lipinski definition) is 1. The first kappa shape index (κ1) is 13.7. The lowest BCUT2D eigenvalue weighted by Gasteiger charge is -2.27. The second kappa shape index (κ2) is 5.50. The molecule has 1 saturated heterocycles. The summed E-state index contributed by atoms with van der Waals surface area (Å²) in [5.41, 5.74) is -1.01. The molecule has 104 valence electrons. The zero-order chi connectivity index (χ0) is 13.9. The minimum Gasteiger partial charge on any atom is -0.325 e. The maximum atomic E-state index is 12.8. The van der Waals surface area contributed by atoms with Crippen molar-refractivity contribution in [3.63, 3.8) is 0 Å². The lowest BCUT2D eigenvalue weighted by molar-refractivity contribution is -0.136. The van der Waals surface area contributed by atoms with E-state index in [1.807, 2.05) is 0 Å². The quantitative estimate of drug-likeness (QED) is 0.830. The van der Waals surface area contributed by atoms with Gasteiger partial charge >= 0.3 is 12.2 Å². The molecule has 6 heteroatoms. The van der Waals surface area contributed by atoms with Gasteiger partial charge in [0.15, 0.2) is 0 Å². The number of para-hydroxylation sites is 1. The first-order chi connectivity index (χ1) is 8.98. The second-order valence-corrected chi connectivity index (χ2v) is 4.52. The van der Waals surface area contributed by atoms with E-state index in [1.165, 1.54) is 18.2 Å². The first-order valence-electron chi connectivity index (χ1n) is 6.20. The number of benzene rings is 1. The van der Waals surface area contributed by atoms with Gasteiger partial charge in [-0.15, -0.1) is 0 Å². The molecule has 1 aliphatic rings. The molecule has 0 aromatic heterocycles. The van der Waals surface area contributed by atoms with Gasteiger partial charge in [0, 0.05) is 13.1 Å². The number of urea groups is 1. The van der Waals surface area contributed by atoms with Gasteiger partial charge in [-0.2, -0.15) is 13.2 Å². The topological polar surface area (TPSA) is 32.3 Å². The normalized spacial score (nSPS) is 16.3. The summed E-state index contributed by atoms with van der Waals surface area (Å²) in [5.74, 6) is 0. The summed E-state index contributed by atoms with van der Waals surface area (Å²) in [6.07, 6.45) is -1.61. The van der Waals surface area contributed by atoms with Crippen LogP contribution in [0.4, 0.5) is 23.7 Å². The molecule has 0 unspecified atom stereocenters. The lowest BCUT2D eigenvalue weighted by Crippen LogP contribution is -2.39. The van der Waals surface area contributed by atoms with Crippen molar-refractivity contribution in [3.8, 4) is 0 Å². The minimum atomic E-state index is -4.47. The van der Waals surface area contributed by atoms with Crippen molar-refractivity contribution in [2.45, 2.75) is 25.4 Å². The monoisotopic (exact) mass is 272 g/mol. The van der Waals surface area contributed by atoms with Crippen LogP contribution in [0.2, 0.25) is 0 Å². The molecule has 0 radical (unpaired) electrons. The van der Waals surface area contributed by atoms with Gasteiger partial charge in [-0.3, -0.25) is 0 Å². The number of alkyl halides is 3. The molecule has 1 fully saturated rings. The van der Waals surface area contributed by atoms with Crippen molar-refractivity contribution in [2.75, 3.05) is 18.4 Å². The molecule has 1 aromatic rings. The third-order valence-electron chi connectivity index (χ3n) is 3.12. The van der Waals surface area contributed by atoms with E-state index in [9.17, 15) is 18.0 Å². The average Bonchev–Trinajstić information content (AvgIpc) is 2.39. The second-order valence-electron chi connectivity index (χ2n) is 4.52. The number of likely N-dealkylation sites (tertiary alicyclic amines) is 1. The Bertz CT molecular complexity index is 453. The summed E-state index contributed by atoms with van der Waals surface area (Å²) < 4.78 is 38.3. The van der Waals surface area contributed by atoms with Crippen LogP contribution in [-0.4, -0.2) is 24.0 Å². The van der Waals surface area contributed by atoms with Crippen molar-refractivity contribution >= 4 is 11.7 Å². The molecule has 0 spiro atoms. The van der Waals surface area contributed by atoms with Crippen LogP contribution in [-0.2, 0) is 6.18 Å². The van der Waals surface area contributed by atoms with Crippen LogP contribution in [0, 0.1) is 0 Å². The molecule has 2 amide bonds. The zero-order valence-electron chi connectivity index (χ0n) is 10.3. The van der Waals surface area contributed by atoms with Crippen molar-refractivity contribution in [2.24, 2.45) is 0 Å². The summed E-state index contributed by atoms with van der Waals surface area (Å²) in [5, 5.41) is 2.35. The molecule has 0 bridgehead atoms. The summed E-state index contributed by atoms with van der Waals surface area (Å²) >= 11 is 0. The number of hydrogen-bond acceptors (Lipinski definition) is 1. The highest BCUT2D eigenvalue weighted by Gasteiger charge is 2.33. The molecule has 1 aromatic carbocycles. The Labute approximate surface area is 109 Å². The number of anilines is 1. The highest BCUT2D eigenvalue weighted by atomic mass is 19.4. The summed E-state index contributed by atoms with van der Waals surface area (Å²) in [7, 11) is 0. The van der Waals surface area contributed by atoms with Crippen molar-refractivity contribution in [1.29, 1.82) is 0 Å². The Morgan fingerprint density at radius 2 is 1.74 bits per heavy atom. The summed E-state index contributed by atoms with van der Waals surface area (Å²) in [6.45, 7) is 1.19. The van der Waals surface area contributed by atoms with Crippen LogP contribution in [0.1, 0.15) is 24.8 Å². The van der Waals surface area contributed by atoms with Crippen molar-refractivity contribution in [3.05, 3.63) is 29.8 Å². The highest BCUT2D eigenvalue weighted by molar-refractivity contribution is 5.90. The molecule has 19 heavy (non-hydrogen) atoms. The van der Waals surface area contributed by atoms with Crippen molar-refractivity contribution in [1.82, 2.24) is 4.90 Å².